The molecule has 0 aromatic heterocycles. The van der Waals surface area contributed by atoms with Crippen LogP contribution in [0.25, 0.3) is 0 Å². The number of hydrogen-bond donors (Lipinski definition) is 1. The lowest BCUT2D eigenvalue weighted by molar-refractivity contribution is -0.150. The molecule has 1 aliphatic heterocycles. The highest BCUT2D eigenvalue weighted by Gasteiger charge is 2.16. The van der Waals surface area contributed by atoms with Crippen molar-refractivity contribution in [3.05, 3.63) is 65.5 Å². The molecule has 0 radical (unpaired) electrons. The van der Waals surface area contributed by atoms with Crippen LogP contribution in [0.1, 0.15) is 22.1 Å². The van der Waals surface area contributed by atoms with Gasteiger partial charge in [0, 0.05) is 12.1 Å². The number of carbonyl (C=O) groups excluding carboxylic acids is 2. The lowest BCUT2D eigenvalue weighted by Crippen LogP contribution is -2.29. The van der Waals surface area contributed by atoms with Gasteiger partial charge in [0.1, 0.15) is 11.6 Å². The summed E-state index contributed by atoms with van der Waals surface area (Å²) in [6, 6.07) is 13.8. The molecular formula is C21H22FNO4S2. The summed E-state index contributed by atoms with van der Waals surface area (Å²) >= 11 is 3.88. The van der Waals surface area contributed by atoms with E-state index in [9.17, 15) is 14.0 Å². The van der Waals surface area contributed by atoms with Crippen molar-refractivity contribution in [2.75, 3.05) is 24.7 Å². The fourth-order valence-electron chi connectivity index (χ4n) is 2.62. The Balaban J connectivity index is 1.35. The molecule has 1 aliphatic rings. The van der Waals surface area contributed by atoms with Gasteiger partial charge in [0.15, 0.2) is 13.2 Å². The second-order valence-corrected chi connectivity index (χ2v) is 9.04. The van der Waals surface area contributed by atoms with Gasteiger partial charge >= 0.3 is 5.97 Å². The second-order valence-electron chi connectivity index (χ2n) is 6.31. The van der Waals surface area contributed by atoms with Crippen LogP contribution in [0.4, 0.5) is 4.39 Å². The zero-order valence-electron chi connectivity index (χ0n) is 15.8. The smallest absolute Gasteiger partial charge is 0.344 e. The maximum atomic E-state index is 13.5. The minimum atomic E-state index is -0.645. The number of nitrogens with one attached hydrogen (secondary N) is 1. The second kappa shape index (κ2) is 11.1. The number of benzene rings is 2. The van der Waals surface area contributed by atoms with Crippen LogP contribution in [0.15, 0.2) is 48.5 Å². The summed E-state index contributed by atoms with van der Waals surface area (Å²) in [5, 5.41) is 2.51. The van der Waals surface area contributed by atoms with Gasteiger partial charge in [0.25, 0.3) is 5.91 Å². The van der Waals surface area contributed by atoms with Gasteiger partial charge in [0.2, 0.25) is 0 Å². The number of hydrogen-bond acceptors (Lipinski definition) is 6. The van der Waals surface area contributed by atoms with Crippen LogP contribution < -0.4 is 10.1 Å². The van der Waals surface area contributed by atoms with Gasteiger partial charge in [-0.25, -0.2) is 9.18 Å². The molecule has 0 bridgehead atoms. The Labute approximate surface area is 177 Å². The topological polar surface area (TPSA) is 64.6 Å². The van der Waals surface area contributed by atoms with E-state index in [4.69, 9.17) is 9.47 Å². The standard InChI is InChI=1S/C21H22FNO4S2/c22-18-5-2-1-4-16(18)12-23-19(24)13-27-20(25)14-26-17-8-6-15(7-9-17)21-28-10-3-11-29-21/h1-2,4-9,21H,3,10-14H2,(H,23,24). The average molecular weight is 436 g/mol. The van der Waals surface area contributed by atoms with Crippen LogP contribution in [0.5, 0.6) is 5.75 Å². The van der Waals surface area contributed by atoms with Gasteiger partial charge in [-0.3, -0.25) is 4.79 Å². The Hall–Kier alpha value is -2.19. The predicted octanol–water partition coefficient (Wildman–Crippen LogP) is 3.93. The van der Waals surface area contributed by atoms with E-state index in [0.717, 1.165) is 0 Å². The van der Waals surface area contributed by atoms with E-state index in [1.807, 2.05) is 47.8 Å². The zero-order valence-corrected chi connectivity index (χ0v) is 17.4. The van der Waals surface area contributed by atoms with Crippen molar-refractivity contribution < 1.29 is 23.5 Å². The molecule has 8 heteroatoms. The van der Waals surface area contributed by atoms with Crippen LogP contribution in [-0.2, 0) is 20.9 Å². The lowest BCUT2D eigenvalue weighted by atomic mass is 10.2. The minimum absolute atomic E-state index is 0.0312. The van der Waals surface area contributed by atoms with Crippen LogP contribution in [0.3, 0.4) is 0 Å². The molecule has 154 valence electrons. The fraction of sp³-hybridized carbons (Fsp3) is 0.333. The number of halogens is 1. The van der Waals surface area contributed by atoms with E-state index in [0.29, 0.717) is 15.9 Å². The molecule has 0 saturated carbocycles. The highest BCUT2D eigenvalue weighted by atomic mass is 32.2. The Kier molecular flexibility index (Phi) is 8.25. The molecule has 3 rings (SSSR count). The molecule has 5 nitrogen and oxygen atoms in total. The molecule has 1 heterocycles. The first-order valence-corrected chi connectivity index (χ1v) is 11.3. The largest absolute Gasteiger partial charge is 0.482 e. The summed E-state index contributed by atoms with van der Waals surface area (Å²) in [6.07, 6.45) is 1.25. The molecule has 1 saturated heterocycles. The summed E-state index contributed by atoms with van der Waals surface area (Å²) in [5.41, 5.74) is 1.60. The van der Waals surface area contributed by atoms with E-state index in [2.05, 4.69) is 5.32 Å². The molecule has 1 fully saturated rings. The third-order valence-corrected chi connectivity index (χ3v) is 7.15. The Morgan fingerprint density at radius 3 is 2.48 bits per heavy atom. The minimum Gasteiger partial charge on any atom is -0.482 e. The SMILES string of the molecule is O=C(COC(=O)COc1ccc(C2SCCCS2)cc1)NCc1ccccc1F. The van der Waals surface area contributed by atoms with Gasteiger partial charge in [-0.15, -0.1) is 23.5 Å². The van der Waals surface area contributed by atoms with Crippen molar-refractivity contribution in [1.29, 1.82) is 0 Å². The first-order valence-electron chi connectivity index (χ1n) is 9.23. The molecule has 0 aliphatic carbocycles. The number of ether oxygens (including phenoxy) is 2. The quantitative estimate of drug-likeness (QED) is 0.634. The molecular weight excluding hydrogens is 413 g/mol. The van der Waals surface area contributed by atoms with E-state index in [-0.39, 0.29) is 13.2 Å². The fourth-order valence-corrected chi connectivity index (χ4v) is 5.51. The molecule has 0 spiro atoms. The molecule has 0 unspecified atom stereocenters. The number of carbonyl (C=O) groups is 2. The average Bonchev–Trinajstić information content (AvgIpc) is 2.76. The zero-order chi connectivity index (χ0) is 20.5. The summed E-state index contributed by atoms with van der Waals surface area (Å²) in [6.45, 7) is -0.692. The first kappa shape index (κ1) is 21.5. The van der Waals surface area contributed by atoms with Gasteiger partial charge in [-0.05, 0) is 41.7 Å². The van der Waals surface area contributed by atoms with Crippen LogP contribution in [0, 0.1) is 5.82 Å². The molecule has 0 atom stereocenters. The molecule has 2 aromatic carbocycles. The molecule has 1 N–H and O–H groups in total. The lowest BCUT2D eigenvalue weighted by Gasteiger charge is -2.21. The third kappa shape index (κ3) is 6.97. The maximum Gasteiger partial charge on any atom is 0.344 e. The Morgan fingerprint density at radius 1 is 1.03 bits per heavy atom. The Bertz CT molecular complexity index is 826. The first-order chi connectivity index (χ1) is 14.1. The van der Waals surface area contributed by atoms with Crippen LogP contribution in [-0.4, -0.2) is 36.6 Å². The molecule has 29 heavy (non-hydrogen) atoms. The van der Waals surface area contributed by atoms with Crippen LogP contribution in [0.2, 0.25) is 0 Å². The van der Waals surface area contributed by atoms with Gasteiger partial charge < -0.3 is 14.8 Å². The maximum absolute atomic E-state index is 13.5. The van der Waals surface area contributed by atoms with Crippen LogP contribution >= 0.6 is 23.5 Å². The van der Waals surface area contributed by atoms with Gasteiger partial charge in [-0.1, -0.05) is 30.3 Å². The normalized spacial score (nSPS) is 14.2. The van der Waals surface area contributed by atoms with Crippen molar-refractivity contribution in [3.8, 4) is 5.75 Å². The summed E-state index contributed by atoms with van der Waals surface area (Å²) in [7, 11) is 0. The molecule has 2 aromatic rings. The van der Waals surface area contributed by atoms with E-state index >= 15 is 0 Å². The monoisotopic (exact) mass is 435 g/mol. The summed E-state index contributed by atoms with van der Waals surface area (Å²) in [5.74, 6) is 1.37. The van der Waals surface area contributed by atoms with Gasteiger partial charge in [0.05, 0.1) is 4.58 Å². The van der Waals surface area contributed by atoms with E-state index in [1.165, 1.54) is 29.6 Å². The van der Waals surface area contributed by atoms with Crippen molar-refractivity contribution in [2.24, 2.45) is 0 Å². The highest BCUT2D eigenvalue weighted by molar-refractivity contribution is 8.16. The van der Waals surface area contributed by atoms with Crippen molar-refractivity contribution in [3.63, 3.8) is 0 Å². The number of thioether (sulfide) groups is 2. The summed E-state index contributed by atoms with van der Waals surface area (Å²) < 4.78 is 24.2. The number of rotatable bonds is 8. The third-order valence-electron chi connectivity index (χ3n) is 4.13. The predicted molar refractivity (Wildman–Crippen MR) is 113 cm³/mol. The molecule has 1 amide bonds. The van der Waals surface area contributed by atoms with E-state index < -0.39 is 24.3 Å². The van der Waals surface area contributed by atoms with Crippen molar-refractivity contribution in [2.45, 2.75) is 17.5 Å². The van der Waals surface area contributed by atoms with Crippen molar-refractivity contribution >= 4 is 35.4 Å². The number of esters is 1. The van der Waals surface area contributed by atoms with Gasteiger partial charge in [-0.2, -0.15) is 0 Å². The Morgan fingerprint density at radius 2 is 1.76 bits per heavy atom. The summed E-state index contributed by atoms with van der Waals surface area (Å²) in [4.78, 5) is 23.5. The number of amides is 1. The van der Waals surface area contributed by atoms with Crippen molar-refractivity contribution in [1.82, 2.24) is 5.32 Å². The van der Waals surface area contributed by atoms with E-state index in [1.54, 1.807) is 18.2 Å². The highest BCUT2D eigenvalue weighted by Crippen LogP contribution is 2.43.